The molecule has 1 atom stereocenters. The number of hydrogen-bond acceptors (Lipinski definition) is 7. The van der Waals surface area contributed by atoms with Crippen LogP contribution >= 0.6 is 0 Å². The first-order chi connectivity index (χ1) is 19.3. The van der Waals surface area contributed by atoms with E-state index in [0.717, 1.165) is 0 Å². The third kappa shape index (κ3) is 4.97. The van der Waals surface area contributed by atoms with Gasteiger partial charge in [-0.25, -0.2) is 4.98 Å². The van der Waals surface area contributed by atoms with E-state index >= 15 is 0 Å². The normalized spacial score (nSPS) is 13.1. The van der Waals surface area contributed by atoms with Crippen molar-refractivity contribution in [3.05, 3.63) is 70.3 Å². The summed E-state index contributed by atoms with van der Waals surface area (Å²) in [6, 6.07) is 11.5. The molecular weight excluding hydrogens is 564 g/mol. The molecule has 0 bridgehead atoms. The van der Waals surface area contributed by atoms with Crippen LogP contribution in [0.3, 0.4) is 0 Å². The number of oxazole rings is 1. The van der Waals surface area contributed by atoms with Gasteiger partial charge in [-0.15, -0.1) is 0 Å². The van der Waals surface area contributed by atoms with Gasteiger partial charge in [-0.2, -0.15) is 36.0 Å². The lowest BCUT2D eigenvalue weighted by Gasteiger charge is -2.15. The number of halogens is 6. The van der Waals surface area contributed by atoms with E-state index in [-0.39, 0.29) is 22.4 Å². The number of aromatic nitrogens is 4. The molecule has 41 heavy (non-hydrogen) atoms. The third-order valence-corrected chi connectivity index (χ3v) is 5.99. The van der Waals surface area contributed by atoms with Crippen LogP contribution in [0.5, 0.6) is 5.75 Å². The predicted molar refractivity (Wildman–Crippen MR) is 130 cm³/mol. The summed E-state index contributed by atoms with van der Waals surface area (Å²) in [6.45, 7) is -1.32. The van der Waals surface area contributed by atoms with Gasteiger partial charge in [-0.3, -0.25) is 9.59 Å². The summed E-state index contributed by atoms with van der Waals surface area (Å²) < 4.78 is 92.0. The van der Waals surface area contributed by atoms with Crippen LogP contribution in [0.1, 0.15) is 16.2 Å². The van der Waals surface area contributed by atoms with Crippen LogP contribution in [0.2, 0.25) is 0 Å². The molecule has 0 saturated heterocycles. The average Bonchev–Trinajstić information content (AvgIpc) is 3.53. The van der Waals surface area contributed by atoms with Crippen molar-refractivity contribution in [3.8, 4) is 28.3 Å². The van der Waals surface area contributed by atoms with E-state index < -0.39 is 70.5 Å². The van der Waals surface area contributed by atoms with E-state index in [1.807, 2.05) is 5.32 Å². The molecule has 3 heterocycles. The topological polar surface area (TPSA) is 135 Å². The first-order valence-corrected chi connectivity index (χ1v) is 11.6. The van der Waals surface area contributed by atoms with Crippen LogP contribution in [0.4, 0.5) is 26.3 Å². The monoisotopic (exact) mass is 581 g/mol. The van der Waals surface area contributed by atoms with Crippen molar-refractivity contribution >= 4 is 22.7 Å². The number of aromatic amines is 1. The van der Waals surface area contributed by atoms with Gasteiger partial charge in [0.25, 0.3) is 11.5 Å². The van der Waals surface area contributed by atoms with Crippen LogP contribution in [0.15, 0.2) is 57.7 Å². The highest BCUT2D eigenvalue weighted by Crippen LogP contribution is 2.39. The third-order valence-electron chi connectivity index (χ3n) is 5.99. The highest BCUT2D eigenvalue weighted by molar-refractivity contribution is 5.99. The molecule has 0 aliphatic heterocycles. The molecule has 5 rings (SSSR count). The number of benzene rings is 2. The molecule has 3 N–H and O–H groups in total. The number of fused-ring (bicyclic) bond motifs is 2. The molecule has 3 aromatic heterocycles. The number of carbonyl (C=O) groups excluding carboxylic acids is 1. The van der Waals surface area contributed by atoms with Gasteiger partial charge in [0.05, 0.1) is 19.2 Å². The molecule has 2 aromatic carbocycles. The van der Waals surface area contributed by atoms with Gasteiger partial charge in [-0.1, -0.05) is 36.4 Å². The van der Waals surface area contributed by atoms with E-state index in [1.165, 1.54) is 55.6 Å². The number of nitrogens with one attached hydrogen (secondary N) is 2. The summed E-state index contributed by atoms with van der Waals surface area (Å²) in [5.41, 5.74) is -5.31. The van der Waals surface area contributed by atoms with Crippen LogP contribution in [-0.4, -0.2) is 56.5 Å². The molecule has 0 spiro atoms. The maximum absolute atomic E-state index is 14.1. The van der Waals surface area contributed by atoms with E-state index in [0.29, 0.717) is 4.52 Å². The summed E-state index contributed by atoms with van der Waals surface area (Å²) in [4.78, 5) is 33.4. The zero-order chi connectivity index (χ0) is 29.7. The number of methoxy groups -OCH3 is 1. The Morgan fingerprint density at radius 3 is 2.44 bits per heavy atom. The highest BCUT2D eigenvalue weighted by atomic mass is 19.4. The molecule has 10 nitrogen and oxygen atoms in total. The molecular formula is C25H17F6N5O5. The smallest absolute Gasteiger partial charge is 0.435 e. The molecule has 16 heteroatoms. The van der Waals surface area contributed by atoms with Gasteiger partial charge in [0.2, 0.25) is 5.89 Å². The lowest BCUT2D eigenvalue weighted by molar-refractivity contribution is -0.201. The summed E-state index contributed by atoms with van der Waals surface area (Å²) in [5, 5.41) is 14.6. The summed E-state index contributed by atoms with van der Waals surface area (Å²) in [7, 11) is 1.32. The van der Waals surface area contributed by atoms with Crippen molar-refractivity contribution in [1.82, 2.24) is 24.9 Å². The molecule has 0 saturated carbocycles. The average molecular weight is 581 g/mol. The Kier molecular flexibility index (Phi) is 6.73. The maximum Gasteiger partial charge on any atom is 0.435 e. The molecule has 0 fully saturated rings. The van der Waals surface area contributed by atoms with Gasteiger partial charge in [0, 0.05) is 0 Å². The molecule has 0 aliphatic carbocycles. The molecule has 214 valence electrons. The van der Waals surface area contributed by atoms with E-state index in [2.05, 4.69) is 15.1 Å². The minimum Gasteiger partial charge on any atom is -0.494 e. The Bertz CT molecular complexity index is 1820. The van der Waals surface area contributed by atoms with Gasteiger partial charge < -0.3 is 24.6 Å². The fourth-order valence-electron chi connectivity index (χ4n) is 4.11. The van der Waals surface area contributed by atoms with Crippen molar-refractivity contribution in [3.63, 3.8) is 0 Å². The molecule has 1 amide bonds. The van der Waals surface area contributed by atoms with Crippen molar-refractivity contribution in [2.75, 3.05) is 13.7 Å². The van der Waals surface area contributed by atoms with Crippen molar-refractivity contribution in [2.45, 2.75) is 18.5 Å². The quantitative estimate of drug-likeness (QED) is 0.256. The van der Waals surface area contributed by atoms with Crippen LogP contribution in [0.25, 0.3) is 39.3 Å². The Morgan fingerprint density at radius 1 is 1.10 bits per heavy atom. The van der Waals surface area contributed by atoms with Crippen molar-refractivity contribution in [1.29, 1.82) is 0 Å². The number of ether oxygens (including phenoxy) is 1. The van der Waals surface area contributed by atoms with Crippen molar-refractivity contribution in [2.24, 2.45) is 0 Å². The number of carbonyl (C=O) groups is 1. The van der Waals surface area contributed by atoms with E-state index in [9.17, 15) is 41.0 Å². The van der Waals surface area contributed by atoms with Gasteiger partial charge in [0.1, 0.15) is 22.7 Å². The number of hydrogen-bond donors (Lipinski definition) is 3. The van der Waals surface area contributed by atoms with Crippen molar-refractivity contribution < 1.29 is 45.4 Å². The second kappa shape index (κ2) is 9.96. The lowest BCUT2D eigenvalue weighted by atomic mass is 10.1. The second-order valence-corrected chi connectivity index (χ2v) is 8.62. The summed E-state index contributed by atoms with van der Waals surface area (Å²) in [6.07, 6.45) is -13.1. The fourth-order valence-corrected chi connectivity index (χ4v) is 4.11. The predicted octanol–water partition coefficient (Wildman–Crippen LogP) is 4.18. The number of amides is 1. The standard InChI is InChI=1S/C25H17F6N5O5/c1-40-12-8-5-9-13-17(12)34-22(41-13)16-18(21(38)32-10-14(37)24(26,27)28)33-20-15(11-6-3-2-4-7-11)19(25(29,30)31)35-36(20)23(16)39/h2-9,14,33,37H,10H2,1H3,(H,32,38). The zero-order valence-corrected chi connectivity index (χ0v) is 20.6. The first kappa shape index (κ1) is 27.7. The Morgan fingerprint density at radius 2 is 1.80 bits per heavy atom. The zero-order valence-electron chi connectivity index (χ0n) is 20.6. The Hall–Kier alpha value is -4.86. The first-order valence-electron chi connectivity index (χ1n) is 11.6. The van der Waals surface area contributed by atoms with Gasteiger partial charge in [-0.05, 0) is 17.7 Å². The Labute approximate surface area is 224 Å². The minimum atomic E-state index is -5.09. The Balaban J connectivity index is 1.80. The SMILES string of the molecule is COc1cccc2oc(-c3c(C(=O)NCC(O)C(F)(F)F)[nH]c4c(-c5ccccc5)c(C(F)(F)F)nn4c3=O)nc12. The molecule has 0 radical (unpaired) electrons. The van der Waals surface area contributed by atoms with Crippen LogP contribution < -0.4 is 15.6 Å². The number of para-hydroxylation sites is 1. The lowest BCUT2D eigenvalue weighted by Crippen LogP contribution is -2.41. The molecule has 1 unspecified atom stereocenters. The van der Waals surface area contributed by atoms with E-state index in [1.54, 1.807) is 0 Å². The van der Waals surface area contributed by atoms with E-state index in [4.69, 9.17) is 9.15 Å². The maximum atomic E-state index is 14.1. The van der Waals surface area contributed by atoms with Crippen LogP contribution in [0, 0.1) is 0 Å². The summed E-state index contributed by atoms with van der Waals surface area (Å²) in [5.74, 6) is -1.73. The molecule has 0 aliphatic rings. The number of alkyl halides is 6. The number of aliphatic hydroxyl groups excluding tert-OH is 1. The highest BCUT2D eigenvalue weighted by Gasteiger charge is 2.41. The largest absolute Gasteiger partial charge is 0.494 e. The minimum absolute atomic E-state index is 0.0244. The molecule has 5 aromatic rings. The number of H-pyrrole nitrogens is 1. The fraction of sp³-hybridized carbons (Fsp3) is 0.200. The number of nitrogens with zero attached hydrogens (tertiary/aromatic N) is 3. The number of aliphatic hydroxyl groups is 1. The van der Waals surface area contributed by atoms with Gasteiger partial charge >= 0.3 is 12.4 Å². The number of rotatable bonds is 6. The van der Waals surface area contributed by atoms with Crippen LogP contribution in [-0.2, 0) is 6.18 Å². The van der Waals surface area contributed by atoms with Gasteiger partial charge in [0.15, 0.2) is 22.9 Å². The summed E-state index contributed by atoms with van der Waals surface area (Å²) >= 11 is 0. The second-order valence-electron chi connectivity index (χ2n) is 8.62.